The van der Waals surface area contributed by atoms with Crippen LogP contribution in [-0.4, -0.2) is 193 Å². The van der Waals surface area contributed by atoms with Crippen molar-refractivity contribution >= 4 is 5.91 Å². The number of aliphatic hydroxyl groups is 11. The van der Waals surface area contributed by atoms with Gasteiger partial charge in [0, 0.05) is 6.42 Å². The number of carbonyl (C=O) groups is 1. The maximum Gasteiger partial charge on any atom is 0.220 e. The lowest BCUT2D eigenvalue weighted by atomic mass is 9.96. The van der Waals surface area contributed by atoms with Crippen LogP contribution in [0, 0.1) is 0 Å². The molecule has 3 saturated heterocycles. The first-order valence-corrected chi connectivity index (χ1v) is 31.0. The molecule has 81 heavy (non-hydrogen) atoms. The van der Waals surface area contributed by atoms with E-state index in [1.165, 1.54) is 89.9 Å². The summed E-state index contributed by atoms with van der Waals surface area (Å²) >= 11 is 0. The molecular weight excluding hydrogens is 1050 g/mol. The van der Waals surface area contributed by atoms with Crippen LogP contribution >= 0.6 is 0 Å². The first-order valence-electron chi connectivity index (χ1n) is 31.0. The van der Waals surface area contributed by atoms with Crippen LogP contribution in [0.25, 0.3) is 0 Å². The van der Waals surface area contributed by atoms with Crippen LogP contribution in [0.4, 0.5) is 0 Å². The van der Waals surface area contributed by atoms with Gasteiger partial charge in [-0.1, -0.05) is 171 Å². The number of allylic oxidation sites excluding steroid dienone is 9. The number of hydrogen-bond acceptors (Lipinski definition) is 18. The molecule has 0 saturated carbocycles. The number of nitrogens with one attached hydrogen (secondary N) is 1. The Bertz CT molecular complexity index is 1710. The zero-order chi connectivity index (χ0) is 59.0. The third-order valence-electron chi connectivity index (χ3n) is 15.3. The fraction of sp³-hybridized carbons (Fsp3) is 0.823. The number of unbranched alkanes of at least 4 members (excludes halogenated alkanes) is 21. The van der Waals surface area contributed by atoms with Gasteiger partial charge in [-0.15, -0.1) is 0 Å². The molecule has 0 aromatic rings. The summed E-state index contributed by atoms with van der Waals surface area (Å²) in [4.78, 5) is 13.3. The Balaban J connectivity index is 1.52. The van der Waals surface area contributed by atoms with Gasteiger partial charge in [0.2, 0.25) is 5.91 Å². The van der Waals surface area contributed by atoms with Gasteiger partial charge in [-0.2, -0.15) is 0 Å². The van der Waals surface area contributed by atoms with Gasteiger partial charge in [-0.3, -0.25) is 4.79 Å². The molecule has 3 aliphatic heterocycles. The molecule has 470 valence electrons. The molecule has 3 fully saturated rings. The molecule has 17 unspecified atom stereocenters. The largest absolute Gasteiger partial charge is 0.394 e. The molecule has 19 nitrogen and oxygen atoms in total. The average molecular weight is 1160 g/mol. The van der Waals surface area contributed by atoms with Crippen molar-refractivity contribution in [2.45, 2.75) is 298 Å². The van der Waals surface area contributed by atoms with Crippen molar-refractivity contribution in [3.63, 3.8) is 0 Å². The molecule has 0 bridgehead atoms. The number of aliphatic hydroxyl groups excluding tert-OH is 11. The molecule has 3 aliphatic rings. The van der Waals surface area contributed by atoms with Crippen molar-refractivity contribution in [3.8, 4) is 0 Å². The van der Waals surface area contributed by atoms with E-state index in [-0.39, 0.29) is 18.9 Å². The van der Waals surface area contributed by atoms with Crippen LogP contribution in [0.2, 0.25) is 0 Å². The summed E-state index contributed by atoms with van der Waals surface area (Å²) in [6.45, 7) is 1.65. The minimum Gasteiger partial charge on any atom is -0.394 e. The zero-order valence-corrected chi connectivity index (χ0v) is 49.0. The number of rotatable bonds is 45. The first kappa shape index (κ1) is 72.7. The molecule has 0 spiro atoms. The van der Waals surface area contributed by atoms with E-state index in [1.807, 2.05) is 6.08 Å². The van der Waals surface area contributed by atoms with E-state index in [2.05, 4.69) is 67.8 Å². The highest BCUT2D eigenvalue weighted by atomic mass is 16.8. The molecule has 0 aliphatic carbocycles. The number of hydrogen-bond donors (Lipinski definition) is 12. The topological polar surface area (TPSA) is 307 Å². The molecule has 1 amide bonds. The highest BCUT2D eigenvalue weighted by Gasteiger charge is 2.53. The lowest BCUT2D eigenvalue weighted by Crippen LogP contribution is -2.66. The van der Waals surface area contributed by atoms with Crippen molar-refractivity contribution in [3.05, 3.63) is 60.8 Å². The zero-order valence-electron chi connectivity index (χ0n) is 49.0. The van der Waals surface area contributed by atoms with Gasteiger partial charge in [0.1, 0.15) is 73.2 Å². The van der Waals surface area contributed by atoms with E-state index < -0.39 is 124 Å². The Kier molecular flexibility index (Phi) is 40.3. The summed E-state index contributed by atoms with van der Waals surface area (Å²) in [5.74, 6) is -0.306. The molecule has 0 aromatic heterocycles. The van der Waals surface area contributed by atoms with Crippen LogP contribution in [0.3, 0.4) is 0 Å². The molecule has 12 N–H and O–H groups in total. The summed E-state index contributed by atoms with van der Waals surface area (Å²) in [5.41, 5.74) is 0. The number of carbonyl (C=O) groups excluding carboxylic acids is 1. The van der Waals surface area contributed by atoms with Gasteiger partial charge in [-0.05, 0) is 77.0 Å². The van der Waals surface area contributed by atoms with Crippen LogP contribution in [0.1, 0.15) is 194 Å². The molecule has 3 heterocycles. The summed E-state index contributed by atoms with van der Waals surface area (Å²) in [6, 6.07) is -1.01. The Morgan fingerprint density at radius 1 is 0.444 bits per heavy atom. The van der Waals surface area contributed by atoms with Gasteiger partial charge in [-0.25, -0.2) is 0 Å². The maximum absolute atomic E-state index is 13.3. The van der Waals surface area contributed by atoms with E-state index >= 15 is 0 Å². The SMILES string of the molecule is CCCCCC/C=C\C/C=C\CCCCCCCC(=O)NC(COC1OC(CO)C(OC2OC(CO)C(OC3OC(CO)C(O)C(O)C3O)C(O)C2O)C(O)C1O)C(O)/C=C/CC/C=C/CC/C=C/CCCCCCCCCCCC. The van der Waals surface area contributed by atoms with Crippen molar-refractivity contribution in [1.82, 2.24) is 5.32 Å². The third-order valence-corrected chi connectivity index (χ3v) is 15.3. The predicted octanol–water partition coefficient (Wildman–Crippen LogP) is 6.04. The van der Waals surface area contributed by atoms with Crippen molar-refractivity contribution in [1.29, 1.82) is 0 Å². The Labute approximate surface area is 484 Å². The number of amides is 1. The van der Waals surface area contributed by atoms with E-state index in [0.717, 1.165) is 70.6 Å². The van der Waals surface area contributed by atoms with E-state index in [0.29, 0.717) is 12.8 Å². The first-order chi connectivity index (χ1) is 39.3. The van der Waals surface area contributed by atoms with Crippen LogP contribution < -0.4 is 5.32 Å². The van der Waals surface area contributed by atoms with Gasteiger partial charge in [0.25, 0.3) is 0 Å². The fourth-order valence-electron chi connectivity index (χ4n) is 10.1. The Hall–Kier alpha value is -2.51. The smallest absolute Gasteiger partial charge is 0.220 e. The van der Waals surface area contributed by atoms with E-state index in [1.54, 1.807) is 6.08 Å². The third kappa shape index (κ3) is 28.5. The highest BCUT2D eigenvalue weighted by Crippen LogP contribution is 2.33. The minimum atomic E-state index is -1.99. The van der Waals surface area contributed by atoms with Gasteiger partial charge >= 0.3 is 0 Å². The number of ether oxygens (including phenoxy) is 6. The second-order valence-electron chi connectivity index (χ2n) is 22.1. The standard InChI is InChI=1S/C62H109NO18/c1-3-5-7-9-11-13-15-17-19-21-22-23-24-25-27-29-31-33-35-37-39-46(67)45(63-50(68)40-38-36-34-32-30-28-26-20-18-16-14-12-10-8-6-4-2)44-76-60-56(74)53(71)58(48(42-65)78-60)81-62-57(75)54(72)59(49(43-66)79-62)80-61-55(73)52(70)51(69)47(41-64)77-61/h14,16,20,23-24,26,29,31,37,39,45-49,51-62,64-67,69-75H,3-13,15,17-19,21-22,25,27-28,30,32-36,38,40-44H2,1-2H3,(H,63,68)/b16-14-,24-23+,26-20-,31-29+,39-37+. The molecule has 17 atom stereocenters. The summed E-state index contributed by atoms with van der Waals surface area (Å²) in [7, 11) is 0. The normalized spacial score (nSPS) is 30.2. The summed E-state index contributed by atoms with van der Waals surface area (Å²) in [6.07, 6.45) is 24.8. The van der Waals surface area contributed by atoms with Gasteiger partial charge in [0.05, 0.1) is 38.6 Å². The molecule has 19 heteroatoms. The maximum atomic E-state index is 13.3. The minimum absolute atomic E-state index is 0.214. The second-order valence-corrected chi connectivity index (χ2v) is 22.1. The average Bonchev–Trinajstić information content (AvgIpc) is 3.47. The summed E-state index contributed by atoms with van der Waals surface area (Å²) in [5, 5.41) is 120. The summed E-state index contributed by atoms with van der Waals surface area (Å²) < 4.78 is 34.2. The van der Waals surface area contributed by atoms with Crippen molar-refractivity contribution in [2.75, 3.05) is 26.4 Å². The van der Waals surface area contributed by atoms with Crippen LogP contribution in [-0.2, 0) is 33.2 Å². The highest BCUT2D eigenvalue weighted by molar-refractivity contribution is 5.76. The quantitative estimate of drug-likeness (QED) is 0.0244. The molecule has 0 aromatic carbocycles. The molecular formula is C62H109NO18. The Morgan fingerprint density at radius 2 is 0.827 bits per heavy atom. The van der Waals surface area contributed by atoms with E-state index in [9.17, 15) is 61.0 Å². The Morgan fingerprint density at radius 3 is 1.32 bits per heavy atom. The van der Waals surface area contributed by atoms with Crippen molar-refractivity contribution < 1.29 is 89.4 Å². The van der Waals surface area contributed by atoms with Crippen LogP contribution in [0.5, 0.6) is 0 Å². The monoisotopic (exact) mass is 1160 g/mol. The lowest BCUT2D eigenvalue weighted by molar-refractivity contribution is -0.379. The van der Waals surface area contributed by atoms with Crippen LogP contribution in [0.15, 0.2) is 60.8 Å². The fourth-order valence-corrected chi connectivity index (χ4v) is 10.1. The van der Waals surface area contributed by atoms with E-state index in [4.69, 9.17) is 28.4 Å². The van der Waals surface area contributed by atoms with Gasteiger partial charge < -0.3 is 89.9 Å². The van der Waals surface area contributed by atoms with Crippen molar-refractivity contribution in [2.24, 2.45) is 0 Å². The van der Waals surface area contributed by atoms with Gasteiger partial charge in [0.15, 0.2) is 18.9 Å². The second kappa shape index (κ2) is 44.9. The predicted molar refractivity (Wildman–Crippen MR) is 309 cm³/mol. The molecule has 0 radical (unpaired) electrons. The lowest BCUT2D eigenvalue weighted by Gasteiger charge is -2.48. The molecule has 3 rings (SSSR count).